The average molecular weight is 855 g/mol. The van der Waals surface area contributed by atoms with Gasteiger partial charge < -0.3 is 4.74 Å². The van der Waals surface area contributed by atoms with Crippen LogP contribution in [0.2, 0.25) is 0 Å². The molecule has 6 nitrogen and oxygen atoms in total. The molecule has 0 radical (unpaired) electrons. The monoisotopic (exact) mass is 854 g/mol. The zero-order valence-electron chi connectivity index (χ0n) is 17.2. The van der Waals surface area contributed by atoms with E-state index in [9.17, 15) is 14.4 Å². The fraction of sp³-hybridized carbons (Fsp3) is 0.0417. The van der Waals surface area contributed by atoms with E-state index in [4.69, 9.17) is 4.74 Å². The van der Waals surface area contributed by atoms with Crippen molar-refractivity contribution in [2.45, 2.75) is 6.61 Å². The van der Waals surface area contributed by atoms with Gasteiger partial charge in [-0.2, -0.15) is 0 Å². The molecular weight excluding hydrogens is 841 g/mol. The number of benzene rings is 3. The van der Waals surface area contributed by atoms with E-state index in [1.807, 2.05) is 36.4 Å². The summed E-state index contributed by atoms with van der Waals surface area (Å²) >= 11 is 9.93. The van der Waals surface area contributed by atoms with Crippen molar-refractivity contribution in [1.82, 2.24) is 5.32 Å². The third-order valence-electron chi connectivity index (χ3n) is 4.81. The van der Waals surface area contributed by atoms with Gasteiger partial charge in [-0.3, -0.25) is 14.9 Å². The molecule has 1 aliphatic rings. The summed E-state index contributed by atoms with van der Waals surface area (Å²) in [7, 11) is 0. The summed E-state index contributed by atoms with van der Waals surface area (Å²) in [6.45, 7) is 0.425. The second-order valence-electron chi connectivity index (χ2n) is 7.16. The van der Waals surface area contributed by atoms with Gasteiger partial charge in [0.15, 0.2) is 0 Å². The minimum absolute atomic E-state index is 0.123. The maximum absolute atomic E-state index is 13.1. The highest BCUT2D eigenvalue weighted by Crippen LogP contribution is 2.31. The van der Waals surface area contributed by atoms with Gasteiger partial charge in [0, 0.05) is 8.04 Å². The van der Waals surface area contributed by atoms with E-state index >= 15 is 0 Å². The molecule has 10 heteroatoms. The van der Waals surface area contributed by atoms with Crippen LogP contribution in [-0.4, -0.2) is 17.8 Å². The van der Waals surface area contributed by atoms with E-state index in [-0.39, 0.29) is 5.57 Å². The van der Waals surface area contributed by atoms with Gasteiger partial charge >= 0.3 is 6.03 Å². The molecule has 1 N–H and O–H groups in total. The molecule has 1 saturated heterocycles. The van der Waals surface area contributed by atoms with Crippen molar-refractivity contribution < 1.29 is 19.1 Å². The Balaban J connectivity index is 1.60. The van der Waals surface area contributed by atoms with Gasteiger partial charge in [-0.05, 0) is 134 Å². The number of amides is 4. The topological polar surface area (TPSA) is 75.7 Å². The lowest BCUT2D eigenvalue weighted by atomic mass is 10.1. The summed E-state index contributed by atoms with van der Waals surface area (Å²) in [5, 5.41) is 2.24. The summed E-state index contributed by atoms with van der Waals surface area (Å²) in [4.78, 5) is 38.9. The normalized spacial score (nSPS) is 15.0. The van der Waals surface area contributed by atoms with Crippen LogP contribution in [0.1, 0.15) is 11.1 Å². The number of carbonyl (C=O) groups excluding carboxylic acids is 3. The van der Waals surface area contributed by atoms with Gasteiger partial charge in [0.2, 0.25) is 0 Å². The zero-order chi connectivity index (χ0) is 24.4. The number of carbonyl (C=O) groups is 3. The molecule has 3 aromatic carbocycles. The van der Waals surface area contributed by atoms with Crippen LogP contribution in [0.15, 0.2) is 70.7 Å². The van der Waals surface area contributed by atoms with Crippen LogP contribution in [0.3, 0.4) is 0 Å². The number of hydrogen-bond donors (Lipinski definition) is 1. The van der Waals surface area contributed by atoms with Gasteiger partial charge in [-0.1, -0.05) is 28.1 Å². The molecule has 1 heterocycles. The number of ether oxygens (including phenoxy) is 1. The molecule has 0 aliphatic carbocycles. The molecule has 34 heavy (non-hydrogen) atoms. The maximum Gasteiger partial charge on any atom is 0.335 e. The first-order valence-electron chi connectivity index (χ1n) is 9.76. The first-order valence-corrected chi connectivity index (χ1v) is 13.8. The van der Waals surface area contributed by atoms with E-state index in [0.717, 1.165) is 31.4 Å². The Morgan fingerprint density at radius 3 is 2.15 bits per heavy atom. The molecule has 0 atom stereocenters. The summed E-state index contributed by atoms with van der Waals surface area (Å²) in [6.07, 6.45) is 1.49. The highest BCUT2D eigenvalue weighted by atomic mass is 127. The van der Waals surface area contributed by atoms with E-state index in [0.29, 0.717) is 17.9 Å². The van der Waals surface area contributed by atoms with Gasteiger partial charge in [-0.25, -0.2) is 9.69 Å². The van der Waals surface area contributed by atoms with Crippen molar-refractivity contribution in [1.29, 1.82) is 0 Å². The Morgan fingerprint density at radius 2 is 1.53 bits per heavy atom. The average Bonchev–Trinajstić information content (AvgIpc) is 2.78. The number of urea groups is 1. The van der Waals surface area contributed by atoms with Crippen LogP contribution in [0, 0.1) is 10.7 Å². The lowest BCUT2D eigenvalue weighted by Crippen LogP contribution is -2.54. The number of imide groups is 2. The SMILES string of the molecule is O=C1NC(=O)N(c2ccc(Br)cc2)C(=O)/C1=C/c1cc(I)c(OCc2ccc(I)cc2)c(I)c1. The molecular formula is C24H14BrI3N2O4. The number of nitrogens with zero attached hydrogens (tertiary/aromatic N) is 1. The molecule has 3 aromatic rings. The Bertz CT molecular complexity index is 1300. The fourth-order valence-electron chi connectivity index (χ4n) is 3.19. The lowest BCUT2D eigenvalue weighted by molar-refractivity contribution is -0.122. The Hall–Kier alpha value is -1.52. The Labute approximate surface area is 245 Å². The first-order chi connectivity index (χ1) is 16.2. The summed E-state index contributed by atoms with van der Waals surface area (Å²) < 4.78 is 9.68. The third-order valence-corrected chi connectivity index (χ3v) is 7.66. The molecule has 172 valence electrons. The molecule has 1 fully saturated rings. The number of halogens is 4. The lowest BCUT2D eigenvalue weighted by Gasteiger charge is -2.26. The minimum atomic E-state index is -0.780. The van der Waals surface area contributed by atoms with Crippen molar-refractivity contribution in [3.63, 3.8) is 0 Å². The first kappa shape index (κ1) is 25.6. The van der Waals surface area contributed by atoms with E-state index in [1.165, 1.54) is 6.08 Å². The van der Waals surface area contributed by atoms with Crippen LogP contribution >= 0.6 is 83.7 Å². The maximum atomic E-state index is 13.1. The largest absolute Gasteiger partial charge is 0.487 e. The highest BCUT2D eigenvalue weighted by molar-refractivity contribution is 14.1. The van der Waals surface area contributed by atoms with Crippen LogP contribution in [0.4, 0.5) is 10.5 Å². The number of nitrogens with one attached hydrogen (secondary N) is 1. The number of anilines is 1. The van der Waals surface area contributed by atoms with Crippen LogP contribution in [-0.2, 0) is 16.2 Å². The number of rotatable bonds is 5. The Kier molecular flexibility index (Phi) is 8.30. The molecule has 1 aliphatic heterocycles. The van der Waals surface area contributed by atoms with Gasteiger partial charge in [-0.15, -0.1) is 0 Å². The Morgan fingerprint density at radius 1 is 0.912 bits per heavy atom. The van der Waals surface area contributed by atoms with E-state index in [1.54, 1.807) is 24.3 Å². The molecule has 4 amide bonds. The zero-order valence-corrected chi connectivity index (χ0v) is 25.2. The van der Waals surface area contributed by atoms with Gasteiger partial charge in [0.25, 0.3) is 11.8 Å². The molecule has 0 spiro atoms. The standard InChI is InChI=1S/C24H14BrI3N2O4/c25-15-3-7-17(8-4-15)30-23(32)18(22(31)29-24(30)33)9-14-10-19(27)21(20(28)11-14)34-12-13-1-5-16(26)6-2-13/h1-11H,12H2,(H,29,31,33)/b18-9+. The summed E-state index contributed by atoms with van der Waals surface area (Å²) in [5.41, 5.74) is 1.95. The van der Waals surface area contributed by atoms with Crippen LogP contribution in [0.5, 0.6) is 5.75 Å². The molecule has 0 bridgehead atoms. The van der Waals surface area contributed by atoms with Crippen molar-refractivity contribution in [2.75, 3.05) is 4.90 Å². The number of hydrogen-bond acceptors (Lipinski definition) is 4. The van der Waals surface area contributed by atoms with Gasteiger partial charge in [0.05, 0.1) is 12.8 Å². The van der Waals surface area contributed by atoms with Crippen molar-refractivity contribution in [3.8, 4) is 5.75 Å². The second kappa shape index (κ2) is 11.0. The number of barbiturate groups is 1. The predicted molar refractivity (Wildman–Crippen MR) is 159 cm³/mol. The highest BCUT2D eigenvalue weighted by Gasteiger charge is 2.36. The summed E-state index contributed by atoms with van der Waals surface area (Å²) in [6, 6.07) is 17.7. The van der Waals surface area contributed by atoms with E-state index in [2.05, 4.69) is 89.0 Å². The van der Waals surface area contributed by atoms with Crippen molar-refractivity contribution in [2.24, 2.45) is 0 Å². The van der Waals surface area contributed by atoms with E-state index < -0.39 is 17.8 Å². The fourth-order valence-corrected chi connectivity index (χ4v) is 5.94. The van der Waals surface area contributed by atoms with Crippen LogP contribution < -0.4 is 15.0 Å². The second-order valence-corrected chi connectivity index (χ2v) is 11.6. The molecule has 4 rings (SSSR count). The molecule has 0 saturated carbocycles. The third kappa shape index (κ3) is 5.82. The predicted octanol–water partition coefficient (Wildman–Crippen LogP) is 6.51. The minimum Gasteiger partial charge on any atom is -0.487 e. The summed E-state index contributed by atoms with van der Waals surface area (Å²) in [5.74, 6) is -0.680. The van der Waals surface area contributed by atoms with Crippen LogP contribution in [0.25, 0.3) is 6.08 Å². The smallest absolute Gasteiger partial charge is 0.335 e. The van der Waals surface area contributed by atoms with Gasteiger partial charge in [0.1, 0.15) is 17.9 Å². The van der Waals surface area contributed by atoms with Crippen molar-refractivity contribution >= 4 is 113 Å². The quantitative estimate of drug-likeness (QED) is 0.181. The van der Waals surface area contributed by atoms with Crippen molar-refractivity contribution in [3.05, 3.63) is 92.5 Å². The molecule has 0 aromatic heterocycles. The molecule has 0 unspecified atom stereocenters.